The van der Waals surface area contributed by atoms with Crippen LogP contribution in [0.1, 0.15) is 57.8 Å². The first-order valence-corrected chi connectivity index (χ1v) is 13.5. The number of hydrogen-bond acceptors (Lipinski definition) is 7. The minimum absolute atomic E-state index is 0.110. The fourth-order valence-electron chi connectivity index (χ4n) is 4.07. The molecule has 2 aromatic rings. The van der Waals surface area contributed by atoms with Crippen LogP contribution in [-0.4, -0.2) is 58.5 Å². The Bertz CT molecular complexity index is 1110. The highest BCUT2D eigenvalue weighted by Crippen LogP contribution is 2.32. The summed E-state index contributed by atoms with van der Waals surface area (Å²) in [5.74, 6) is -1.01. The summed E-state index contributed by atoms with van der Waals surface area (Å²) in [6, 6.07) is 4.86. The summed E-state index contributed by atoms with van der Waals surface area (Å²) in [7, 11) is -2.83. The summed E-state index contributed by atoms with van der Waals surface area (Å²) in [5.41, 5.74) is 2.28. The third-order valence-electron chi connectivity index (χ3n) is 5.90. The fourth-order valence-corrected chi connectivity index (χ4v) is 6.49. The molecule has 0 aliphatic heterocycles. The van der Waals surface area contributed by atoms with E-state index in [0.29, 0.717) is 19.5 Å². The highest BCUT2D eigenvalue weighted by Gasteiger charge is 2.28. The van der Waals surface area contributed by atoms with E-state index < -0.39 is 21.9 Å². The van der Waals surface area contributed by atoms with Crippen molar-refractivity contribution in [1.29, 1.82) is 0 Å². The molecule has 1 aliphatic rings. The molecule has 0 bridgehead atoms. The molecule has 0 saturated heterocycles. The number of nitrogens with one attached hydrogen (secondary N) is 2. The third kappa shape index (κ3) is 5.74. The number of sulfonamides is 1. The first-order chi connectivity index (χ1) is 15.8. The molecular weight excluding hydrogens is 462 g/mol. The van der Waals surface area contributed by atoms with Crippen LogP contribution in [0.4, 0.5) is 5.69 Å². The van der Waals surface area contributed by atoms with Gasteiger partial charge in [-0.15, -0.1) is 11.3 Å². The van der Waals surface area contributed by atoms with Gasteiger partial charge >= 0.3 is 5.97 Å². The van der Waals surface area contributed by atoms with Gasteiger partial charge in [0.25, 0.3) is 15.9 Å². The second-order valence-corrected chi connectivity index (χ2v) is 10.4. The molecule has 1 aliphatic carbocycles. The fraction of sp³-hybridized carbons (Fsp3) is 0.478. The van der Waals surface area contributed by atoms with Crippen LogP contribution in [0.25, 0.3) is 0 Å². The molecule has 10 heteroatoms. The van der Waals surface area contributed by atoms with E-state index in [1.807, 2.05) is 19.9 Å². The maximum Gasteiger partial charge on any atom is 0.340 e. The largest absolute Gasteiger partial charge is 0.465 e. The normalized spacial score (nSPS) is 13.5. The zero-order valence-corrected chi connectivity index (χ0v) is 20.9. The SMILES string of the molecule is CCN(CC)CCNC(=O)c1sccc1S(=O)(=O)Nc1ccc2c(c1C(=O)OC)CCCC2. The van der Waals surface area contributed by atoms with Crippen LogP contribution in [0.5, 0.6) is 0 Å². The Morgan fingerprint density at radius 2 is 1.85 bits per heavy atom. The number of carbonyl (C=O) groups excluding carboxylic acids is 2. The molecule has 0 saturated carbocycles. The van der Waals surface area contributed by atoms with Gasteiger partial charge in [-0.05, 0) is 67.4 Å². The van der Waals surface area contributed by atoms with Gasteiger partial charge in [0.1, 0.15) is 9.77 Å². The molecule has 1 heterocycles. The summed E-state index contributed by atoms with van der Waals surface area (Å²) in [6.45, 7) is 6.94. The van der Waals surface area contributed by atoms with Crippen molar-refractivity contribution in [3.05, 3.63) is 45.1 Å². The van der Waals surface area contributed by atoms with Gasteiger partial charge in [-0.25, -0.2) is 13.2 Å². The molecule has 0 spiro atoms. The summed E-state index contributed by atoms with van der Waals surface area (Å²) in [6.07, 6.45) is 3.48. The monoisotopic (exact) mass is 493 g/mol. The van der Waals surface area contributed by atoms with Gasteiger partial charge in [-0.2, -0.15) is 0 Å². The van der Waals surface area contributed by atoms with Gasteiger partial charge in [0.05, 0.1) is 18.4 Å². The number of ether oxygens (including phenoxy) is 1. The lowest BCUT2D eigenvalue weighted by molar-refractivity contribution is 0.0600. The summed E-state index contributed by atoms with van der Waals surface area (Å²) >= 11 is 1.07. The van der Waals surface area contributed by atoms with Crippen LogP contribution < -0.4 is 10.0 Å². The Morgan fingerprint density at radius 1 is 1.12 bits per heavy atom. The van der Waals surface area contributed by atoms with Gasteiger partial charge in [0, 0.05) is 13.1 Å². The van der Waals surface area contributed by atoms with Gasteiger partial charge in [0.15, 0.2) is 0 Å². The predicted octanol–water partition coefficient (Wildman–Crippen LogP) is 3.29. The third-order valence-corrected chi connectivity index (χ3v) is 8.35. The summed E-state index contributed by atoms with van der Waals surface area (Å²) in [5, 5.41) is 4.38. The molecule has 8 nitrogen and oxygen atoms in total. The van der Waals surface area contributed by atoms with Crippen LogP contribution in [0.15, 0.2) is 28.5 Å². The molecule has 0 atom stereocenters. The van der Waals surface area contributed by atoms with Crippen LogP contribution in [0.3, 0.4) is 0 Å². The first-order valence-electron chi connectivity index (χ1n) is 11.2. The number of esters is 1. The van der Waals surface area contributed by atoms with E-state index in [0.717, 1.165) is 54.8 Å². The number of benzene rings is 1. The highest BCUT2D eigenvalue weighted by atomic mass is 32.2. The number of thiophene rings is 1. The number of rotatable bonds is 10. The van der Waals surface area contributed by atoms with Crippen LogP contribution in [0, 0.1) is 0 Å². The number of methoxy groups -OCH3 is 1. The van der Waals surface area contributed by atoms with E-state index in [2.05, 4.69) is 14.9 Å². The number of amides is 1. The average molecular weight is 494 g/mol. The van der Waals surface area contributed by atoms with Crippen molar-refractivity contribution in [3.63, 3.8) is 0 Å². The molecule has 0 unspecified atom stereocenters. The average Bonchev–Trinajstić information content (AvgIpc) is 3.32. The lowest BCUT2D eigenvalue weighted by Crippen LogP contribution is -2.35. The van der Waals surface area contributed by atoms with Gasteiger partial charge in [0.2, 0.25) is 0 Å². The van der Waals surface area contributed by atoms with Crippen molar-refractivity contribution in [2.24, 2.45) is 0 Å². The maximum atomic E-state index is 13.2. The van der Waals surface area contributed by atoms with E-state index >= 15 is 0 Å². The second kappa shape index (κ2) is 11.1. The molecule has 2 N–H and O–H groups in total. The number of carbonyl (C=O) groups is 2. The molecule has 0 radical (unpaired) electrons. The van der Waals surface area contributed by atoms with Crippen LogP contribution >= 0.6 is 11.3 Å². The van der Waals surface area contributed by atoms with Crippen molar-refractivity contribution >= 4 is 38.9 Å². The topological polar surface area (TPSA) is 105 Å². The van der Waals surface area contributed by atoms with E-state index in [4.69, 9.17) is 4.74 Å². The second-order valence-electron chi connectivity index (χ2n) is 7.83. The van der Waals surface area contributed by atoms with E-state index in [-0.39, 0.29) is 21.0 Å². The van der Waals surface area contributed by atoms with Crippen molar-refractivity contribution in [3.8, 4) is 0 Å². The zero-order chi connectivity index (χ0) is 24.0. The van der Waals surface area contributed by atoms with E-state index in [1.165, 1.54) is 13.2 Å². The van der Waals surface area contributed by atoms with Gasteiger partial charge in [-0.3, -0.25) is 9.52 Å². The summed E-state index contributed by atoms with van der Waals surface area (Å²) in [4.78, 5) is 27.4. The Balaban J connectivity index is 1.85. The van der Waals surface area contributed by atoms with E-state index in [9.17, 15) is 18.0 Å². The standard InChI is InChI=1S/C23H31N3O5S2/c1-4-26(5-2)14-13-24-22(27)21-19(12-15-32-21)33(29,30)25-18-11-10-16-8-6-7-9-17(16)20(18)23(28)31-3/h10-12,15,25H,4-9,13-14H2,1-3H3,(H,24,27). The van der Waals surface area contributed by atoms with Crippen LogP contribution in [-0.2, 0) is 27.6 Å². The number of likely N-dealkylation sites (N-methyl/N-ethyl adjacent to an activating group) is 1. The molecule has 33 heavy (non-hydrogen) atoms. The summed E-state index contributed by atoms with van der Waals surface area (Å²) < 4.78 is 34.0. The maximum absolute atomic E-state index is 13.2. The minimum atomic E-state index is -4.11. The lowest BCUT2D eigenvalue weighted by Gasteiger charge is -2.21. The molecule has 3 rings (SSSR count). The molecule has 1 aromatic heterocycles. The predicted molar refractivity (Wildman–Crippen MR) is 130 cm³/mol. The Hall–Kier alpha value is -2.43. The quantitative estimate of drug-likeness (QED) is 0.492. The van der Waals surface area contributed by atoms with E-state index in [1.54, 1.807) is 11.4 Å². The molecule has 1 amide bonds. The van der Waals surface area contributed by atoms with Gasteiger partial charge in [-0.1, -0.05) is 19.9 Å². The Kier molecular flexibility index (Phi) is 8.50. The number of nitrogens with zero attached hydrogens (tertiary/aromatic N) is 1. The van der Waals surface area contributed by atoms with Crippen molar-refractivity contribution < 1.29 is 22.7 Å². The molecule has 1 aromatic carbocycles. The zero-order valence-electron chi connectivity index (χ0n) is 19.3. The number of fused-ring (bicyclic) bond motifs is 1. The lowest BCUT2D eigenvalue weighted by atomic mass is 9.87. The highest BCUT2D eigenvalue weighted by molar-refractivity contribution is 7.93. The van der Waals surface area contributed by atoms with Crippen molar-refractivity contribution in [2.75, 3.05) is 38.0 Å². The van der Waals surface area contributed by atoms with Crippen molar-refractivity contribution in [1.82, 2.24) is 10.2 Å². The Morgan fingerprint density at radius 3 is 2.55 bits per heavy atom. The molecule has 0 fully saturated rings. The molecular formula is C23H31N3O5S2. The Labute approximate surface area is 199 Å². The van der Waals surface area contributed by atoms with Crippen LogP contribution in [0.2, 0.25) is 0 Å². The number of hydrogen-bond donors (Lipinski definition) is 2. The van der Waals surface area contributed by atoms with Crippen molar-refractivity contribution in [2.45, 2.75) is 44.4 Å². The number of anilines is 1. The minimum Gasteiger partial charge on any atom is -0.465 e. The van der Waals surface area contributed by atoms with Gasteiger partial charge < -0.3 is 15.0 Å². The smallest absolute Gasteiger partial charge is 0.340 e. The first kappa shape index (κ1) is 25.2. The molecule has 180 valence electrons. The number of aryl methyl sites for hydroxylation is 1.